The largest absolute Gasteiger partial charge is 0.444 e. The Bertz CT molecular complexity index is 253. The predicted octanol–water partition coefficient (Wildman–Crippen LogP) is 2.08. The van der Waals surface area contributed by atoms with Crippen molar-refractivity contribution in [2.75, 3.05) is 6.61 Å². The third kappa shape index (κ3) is 5.16. The molecule has 0 bridgehead atoms. The Labute approximate surface area is 97.7 Å². The molecule has 2 N–H and O–H groups in total. The number of carbonyl (C=O) groups excluding carboxylic acids is 1. The summed E-state index contributed by atoms with van der Waals surface area (Å²) in [5.74, 6) is 0. The van der Waals surface area contributed by atoms with E-state index in [9.17, 15) is 9.90 Å². The molecule has 0 rings (SSSR count). The topological polar surface area (TPSA) is 58.6 Å². The molecule has 0 fully saturated rings. The summed E-state index contributed by atoms with van der Waals surface area (Å²) in [6.45, 7) is 12.7. The van der Waals surface area contributed by atoms with Gasteiger partial charge >= 0.3 is 6.09 Å². The van der Waals surface area contributed by atoms with Gasteiger partial charge in [0, 0.05) is 5.41 Å². The summed E-state index contributed by atoms with van der Waals surface area (Å²) in [5, 5.41) is 11.9. The van der Waals surface area contributed by atoms with Crippen LogP contribution in [0.3, 0.4) is 0 Å². The van der Waals surface area contributed by atoms with Gasteiger partial charge in [0.2, 0.25) is 0 Å². The van der Waals surface area contributed by atoms with Crippen molar-refractivity contribution in [2.24, 2.45) is 5.41 Å². The van der Waals surface area contributed by atoms with Crippen LogP contribution in [0.1, 0.15) is 34.6 Å². The summed E-state index contributed by atoms with van der Waals surface area (Å²) in [6, 6.07) is -0.403. The van der Waals surface area contributed by atoms with Gasteiger partial charge in [0.15, 0.2) is 0 Å². The Kier molecular flexibility index (Phi) is 5.00. The summed E-state index contributed by atoms with van der Waals surface area (Å²) in [7, 11) is 0. The molecule has 0 saturated carbocycles. The fourth-order valence-electron chi connectivity index (χ4n) is 1.06. The Balaban J connectivity index is 4.45. The van der Waals surface area contributed by atoms with Gasteiger partial charge in [0.25, 0.3) is 0 Å². The van der Waals surface area contributed by atoms with Gasteiger partial charge in [-0.2, -0.15) is 0 Å². The number of hydrogen-bond acceptors (Lipinski definition) is 3. The number of aliphatic hydroxyl groups excluding tert-OH is 1. The van der Waals surface area contributed by atoms with Crippen molar-refractivity contribution in [3.8, 4) is 0 Å². The van der Waals surface area contributed by atoms with Crippen molar-refractivity contribution in [1.82, 2.24) is 5.32 Å². The fourth-order valence-corrected chi connectivity index (χ4v) is 1.06. The Hall–Kier alpha value is -1.03. The molecule has 16 heavy (non-hydrogen) atoms. The summed E-state index contributed by atoms with van der Waals surface area (Å²) in [6.07, 6.45) is 1.17. The van der Waals surface area contributed by atoms with E-state index in [0.717, 1.165) is 0 Å². The highest BCUT2D eigenvalue weighted by molar-refractivity contribution is 5.68. The highest BCUT2D eigenvalue weighted by Crippen LogP contribution is 2.21. The molecule has 0 saturated heterocycles. The van der Waals surface area contributed by atoms with E-state index in [1.54, 1.807) is 26.8 Å². The second kappa shape index (κ2) is 5.34. The maximum absolute atomic E-state index is 11.5. The van der Waals surface area contributed by atoms with Crippen molar-refractivity contribution in [3.63, 3.8) is 0 Å². The summed E-state index contributed by atoms with van der Waals surface area (Å²) in [4.78, 5) is 11.5. The third-order valence-electron chi connectivity index (χ3n) is 2.30. The molecule has 0 unspecified atom stereocenters. The van der Waals surface area contributed by atoms with Crippen molar-refractivity contribution in [2.45, 2.75) is 46.3 Å². The van der Waals surface area contributed by atoms with Crippen molar-refractivity contribution in [3.05, 3.63) is 12.7 Å². The minimum Gasteiger partial charge on any atom is -0.444 e. The first kappa shape index (κ1) is 15.0. The number of alkyl carbamates (subject to hydrolysis) is 1. The molecule has 0 aromatic carbocycles. The van der Waals surface area contributed by atoms with Crippen LogP contribution < -0.4 is 5.32 Å². The number of amides is 1. The van der Waals surface area contributed by atoms with E-state index in [0.29, 0.717) is 0 Å². The first-order chi connectivity index (χ1) is 7.12. The van der Waals surface area contributed by atoms with Crippen LogP contribution in [0.5, 0.6) is 0 Å². The lowest BCUT2D eigenvalue weighted by atomic mass is 9.85. The van der Waals surface area contributed by atoms with E-state index >= 15 is 0 Å². The number of nitrogens with one attached hydrogen (secondary N) is 1. The molecular formula is C12H23NO3. The quantitative estimate of drug-likeness (QED) is 0.726. The van der Waals surface area contributed by atoms with Crippen LogP contribution >= 0.6 is 0 Å². The smallest absolute Gasteiger partial charge is 0.407 e. The van der Waals surface area contributed by atoms with E-state index in [2.05, 4.69) is 11.9 Å². The zero-order valence-corrected chi connectivity index (χ0v) is 10.8. The SMILES string of the molecule is C=CC(C)(C)[C@@H](CO)NC(=O)OC(C)(C)C. The Morgan fingerprint density at radius 3 is 2.25 bits per heavy atom. The number of carbonyl (C=O) groups is 1. The molecule has 0 aliphatic rings. The minimum absolute atomic E-state index is 0.155. The number of ether oxygens (including phenoxy) is 1. The lowest BCUT2D eigenvalue weighted by Gasteiger charge is -2.31. The normalized spacial score (nSPS) is 14.1. The van der Waals surface area contributed by atoms with Crippen LogP contribution in [0.4, 0.5) is 4.79 Å². The standard InChI is InChI=1S/C12H23NO3/c1-7-12(5,6)9(8-14)13-10(15)16-11(2,3)4/h7,9,14H,1,8H2,2-6H3,(H,13,15)/t9-/m1/s1. The highest BCUT2D eigenvalue weighted by atomic mass is 16.6. The van der Waals surface area contributed by atoms with Gasteiger partial charge in [-0.25, -0.2) is 4.79 Å². The number of hydrogen-bond donors (Lipinski definition) is 2. The molecule has 0 heterocycles. The van der Waals surface area contributed by atoms with Crippen LogP contribution in [-0.4, -0.2) is 29.4 Å². The molecule has 1 amide bonds. The van der Waals surface area contributed by atoms with Gasteiger partial charge in [-0.05, 0) is 20.8 Å². The fraction of sp³-hybridized carbons (Fsp3) is 0.750. The maximum atomic E-state index is 11.5. The zero-order valence-electron chi connectivity index (χ0n) is 10.8. The van der Waals surface area contributed by atoms with Crippen LogP contribution in [0.2, 0.25) is 0 Å². The van der Waals surface area contributed by atoms with Gasteiger partial charge in [0.05, 0.1) is 12.6 Å². The average Bonchev–Trinajstić information content (AvgIpc) is 2.11. The van der Waals surface area contributed by atoms with Crippen molar-refractivity contribution >= 4 is 6.09 Å². The van der Waals surface area contributed by atoms with Crippen LogP contribution in [0, 0.1) is 5.41 Å². The summed E-state index contributed by atoms with van der Waals surface area (Å²) in [5.41, 5.74) is -0.923. The molecule has 4 nitrogen and oxygen atoms in total. The maximum Gasteiger partial charge on any atom is 0.407 e. The molecule has 0 aromatic rings. The molecule has 0 aromatic heterocycles. The van der Waals surface area contributed by atoms with E-state index in [1.165, 1.54) is 0 Å². The molecule has 0 radical (unpaired) electrons. The first-order valence-electron chi connectivity index (χ1n) is 5.36. The van der Waals surface area contributed by atoms with Gasteiger partial charge in [-0.15, -0.1) is 6.58 Å². The third-order valence-corrected chi connectivity index (χ3v) is 2.30. The van der Waals surface area contributed by atoms with Crippen LogP contribution in [0.15, 0.2) is 12.7 Å². The molecule has 0 spiro atoms. The average molecular weight is 229 g/mol. The van der Waals surface area contributed by atoms with Gasteiger partial charge in [0.1, 0.15) is 5.60 Å². The minimum atomic E-state index is -0.539. The molecule has 0 aliphatic heterocycles. The van der Waals surface area contributed by atoms with E-state index in [1.807, 2.05) is 13.8 Å². The van der Waals surface area contributed by atoms with Gasteiger partial charge in [-0.3, -0.25) is 0 Å². The lowest BCUT2D eigenvalue weighted by molar-refractivity contribution is 0.0435. The van der Waals surface area contributed by atoms with Crippen molar-refractivity contribution in [1.29, 1.82) is 0 Å². The number of rotatable bonds is 4. The molecule has 1 atom stereocenters. The van der Waals surface area contributed by atoms with E-state index in [-0.39, 0.29) is 12.0 Å². The Morgan fingerprint density at radius 2 is 1.94 bits per heavy atom. The lowest BCUT2D eigenvalue weighted by Crippen LogP contribution is -2.48. The Morgan fingerprint density at radius 1 is 1.44 bits per heavy atom. The summed E-state index contributed by atoms with van der Waals surface area (Å²) >= 11 is 0. The van der Waals surface area contributed by atoms with Crippen molar-refractivity contribution < 1.29 is 14.6 Å². The van der Waals surface area contributed by atoms with Crippen LogP contribution in [-0.2, 0) is 4.74 Å². The second-order valence-corrected chi connectivity index (χ2v) is 5.41. The second-order valence-electron chi connectivity index (χ2n) is 5.41. The molecule has 0 aliphatic carbocycles. The molecular weight excluding hydrogens is 206 g/mol. The summed E-state index contributed by atoms with van der Waals surface area (Å²) < 4.78 is 5.11. The van der Waals surface area contributed by atoms with E-state index < -0.39 is 17.7 Å². The number of aliphatic hydroxyl groups is 1. The molecule has 94 valence electrons. The molecule has 4 heteroatoms. The highest BCUT2D eigenvalue weighted by Gasteiger charge is 2.29. The van der Waals surface area contributed by atoms with Crippen LogP contribution in [0.25, 0.3) is 0 Å². The first-order valence-corrected chi connectivity index (χ1v) is 5.36. The van der Waals surface area contributed by atoms with Gasteiger partial charge < -0.3 is 15.2 Å². The predicted molar refractivity (Wildman–Crippen MR) is 64.2 cm³/mol. The van der Waals surface area contributed by atoms with E-state index in [4.69, 9.17) is 4.74 Å². The van der Waals surface area contributed by atoms with Gasteiger partial charge in [-0.1, -0.05) is 19.9 Å². The monoisotopic (exact) mass is 229 g/mol. The zero-order chi connectivity index (χ0) is 13.0.